The zero-order valence-corrected chi connectivity index (χ0v) is 14.7. The van der Waals surface area contributed by atoms with E-state index >= 15 is 0 Å². The number of likely N-dealkylation sites (N-methyl/N-ethyl adjacent to an activating group) is 1. The van der Waals surface area contributed by atoms with Crippen molar-refractivity contribution in [1.82, 2.24) is 0 Å². The minimum absolute atomic E-state index is 0.0247. The summed E-state index contributed by atoms with van der Waals surface area (Å²) in [6.07, 6.45) is -0.114. The molecule has 0 saturated heterocycles. The molecule has 0 spiro atoms. The molecular weight excluding hydrogens is 332 g/mol. The third-order valence-electron chi connectivity index (χ3n) is 4.19. The number of nitrogen functional groups attached to an aromatic ring is 1. The Bertz CT molecular complexity index is 801. The summed E-state index contributed by atoms with van der Waals surface area (Å²) in [6, 6.07) is 14.1. The molecular formula is C19H22N4O3. The van der Waals surface area contributed by atoms with E-state index in [4.69, 9.17) is 16.9 Å². The van der Waals surface area contributed by atoms with Crippen LogP contribution in [0.15, 0.2) is 48.5 Å². The zero-order valence-electron chi connectivity index (χ0n) is 14.7. The quantitative estimate of drug-likeness (QED) is 0.395. The predicted molar refractivity (Wildman–Crippen MR) is 101 cm³/mol. The van der Waals surface area contributed by atoms with Crippen molar-refractivity contribution < 1.29 is 14.3 Å². The lowest BCUT2D eigenvalue weighted by molar-refractivity contribution is -0.142. The van der Waals surface area contributed by atoms with E-state index in [1.165, 1.54) is 7.11 Å². The zero-order chi connectivity index (χ0) is 19.3. The van der Waals surface area contributed by atoms with E-state index in [2.05, 4.69) is 4.74 Å². The van der Waals surface area contributed by atoms with Crippen LogP contribution in [0.1, 0.15) is 12.0 Å². The van der Waals surface area contributed by atoms with Gasteiger partial charge in [0.05, 0.1) is 13.5 Å². The molecule has 0 fully saturated rings. The summed E-state index contributed by atoms with van der Waals surface area (Å²) in [6.45, 7) is 0. The molecule has 0 radical (unpaired) electrons. The predicted octanol–water partition coefficient (Wildman–Crippen LogP) is 1.49. The topological polar surface area (TPSA) is 122 Å². The molecule has 26 heavy (non-hydrogen) atoms. The molecule has 2 rings (SSSR count). The first-order valence-electron chi connectivity index (χ1n) is 7.97. The maximum absolute atomic E-state index is 11.7. The van der Waals surface area contributed by atoms with Crippen LogP contribution < -0.4 is 16.4 Å². The molecule has 0 heterocycles. The fraction of sp³-hybridized carbons (Fsp3) is 0.211. The summed E-state index contributed by atoms with van der Waals surface area (Å²) in [5.41, 5.74) is 14.2. The van der Waals surface area contributed by atoms with Gasteiger partial charge in [-0.25, -0.2) is 0 Å². The lowest BCUT2D eigenvalue weighted by atomic mass is 10.0. The number of hydrogen-bond acceptors (Lipinski definition) is 5. The Morgan fingerprint density at radius 2 is 1.54 bits per heavy atom. The van der Waals surface area contributed by atoms with Gasteiger partial charge < -0.3 is 21.1 Å². The molecule has 1 unspecified atom stereocenters. The van der Waals surface area contributed by atoms with Crippen LogP contribution in [0, 0.1) is 5.41 Å². The van der Waals surface area contributed by atoms with Crippen molar-refractivity contribution >= 4 is 23.4 Å². The van der Waals surface area contributed by atoms with Gasteiger partial charge in [0.15, 0.2) is 0 Å². The molecule has 2 aromatic rings. The second kappa shape index (κ2) is 8.15. The minimum atomic E-state index is -0.789. The monoisotopic (exact) mass is 354 g/mol. The van der Waals surface area contributed by atoms with Gasteiger partial charge in [0.2, 0.25) is 5.91 Å². The van der Waals surface area contributed by atoms with E-state index in [9.17, 15) is 9.59 Å². The number of amidine groups is 1. The van der Waals surface area contributed by atoms with Crippen molar-refractivity contribution in [3.8, 4) is 11.1 Å². The van der Waals surface area contributed by atoms with Crippen molar-refractivity contribution in [2.75, 3.05) is 19.1 Å². The average Bonchev–Trinajstić information content (AvgIpc) is 2.65. The molecule has 0 bridgehead atoms. The molecule has 5 N–H and O–H groups in total. The highest BCUT2D eigenvalue weighted by atomic mass is 16.5. The molecule has 0 aliphatic rings. The Kier molecular flexibility index (Phi) is 5.95. The second-order valence-corrected chi connectivity index (χ2v) is 5.85. The van der Waals surface area contributed by atoms with Crippen molar-refractivity contribution in [2.45, 2.75) is 12.5 Å². The molecule has 0 aliphatic carbocycles. The Labute approximate surface area is 152 Å². The summed E-state index contributed by atoms with van der Waals surface area (Å²) < 4.78 is 4.62. The van der Waals surface area contributed by atoms with Crippen LogP contribution in [-0.2, 0) is 14.3 Å². The van der Waals surface area contributed by atoms with Crippen LogP contribution in [0.4, 0.5) is 5.69 Å². The van der Waals surface area contributed by atoms with E-state index < -0.39 is 17.9 Å². The number of carbonyl (C=O) groups excluding carboxylic acids is 2. The molecule has 0 aliphatic heterocycles. The SMILES string of the molecule is COC(=O)CC(C(N)=O)N(C)c1ccc(-c2ccc(C(=N)N)cc2)cc1. The number of rotatable bonds is 7. The first-order chi connectivity index (χ1) is 12.3. The fourth-order valence-corrected chi connectivity index (χ4v) is 2.58. The molecule has 0 aromatic heterocycles. The summed E-state index contributed by atoms with van der Waals surface area (Å²) in [5, 5.41) is 7.42. The van der Waals surface area contributed by atoms with E-state index in [1.807, 2.05) is 36.4 Å². The summed E-state index contributed by atoms with van der Waals surface area (Å²) >= 11 is 0. The van der Waals surface area contributed by atoms with Crippen LogP contribution in [0.5, 0.6) is 0 Å². The van der Waals surface area contributed by atoms with Crippen molar-refractivity contribution in [3.63, 3.8) is 0 Å². The Morgan fingerprint density at radius 1 is 1.04 bits per heavy atom. The van der Waals surface area contributed by atoms with Gasteiger partial charge in [0.1, 0.15) is 11.9 Å². The third kappa shape index (κ3) is 4.38. The molecule has 1 amide bonds. The summed E-state index contributed by atoms with van der Waals surface area (Å²) in [4.78, 5) is 24.8. The number of nitrogens with two attached hydrogens (primary N) is 2. The number of benzene rings is 2. The Hall–Kier alpha value is -3.35. The maximum atomic E-state index is 11.7. The number of amides is 1. The maximum Gasteiger partial charge on any atom is 0.308 e. The molecule has 7 heteroatoms. The van der Waals surface area contributed by atoms with Crippen LogP contribution in [0.2, 0.25) is 0 Å². The van der Waals surface area contributed by atoms with Gasteiger partial charge >= 0.3 is 5.97 Å². The van der Waals surface area contributed by atoms with E-state index in [0.29, 0.717) is 5.56 Å². The van der Waals surface area contributed by atoms with Gasteiger partial charge in [-0.15, -0.1) is 0 Å². The molecule has 0 saturated carbocycles. The second-order valence-electron chi connectivity index (χ2n) is 5.85. The molecule has 7 nitrogen and oxygen atoms in total. The Balaban J connectivity index is 2.20. The first kappa shape index (κ1) is 19.0. The fourth-order valence-electron chi connectivity index (χ4n) is 2.58. The third-order valence-corrected chi connectivity index (χ3v) is 4.19. The number of methoxy groups -OCH3 is 1. The largest absolute Gasteiger partial charge is 0.469 e. The van der Waals surface area contributed by atoms with Crippen molar-refractivity contribution in [1.29, 1.82) is 5.41 Å². The van der Waals surface area contributed by atoms with E-state index in [-0.39, 0.29) is 12.3 Å². The number of nitrogens with zero attached hydrogens (tertiary/aromatic N) is 1. The first-order valence-corrected chi connectivity index (χ1v) is 7.97. The van der Waals surface area contributed by atoms with Gasteiger partial charge in [-0.2, -0.15) is 0 Å². The number of nitrogens with one attached hydrogen (secondary N) is 1. The normalized spacial score (nSPS) is 11.5. The van der Waals surface area contributed by atoms with E-state index in [1.54, 1.807) is 24.1 Å². The summed E-state index contributed by atoms with van der Waals surface area (Å²) in [7, 11) is 2.97. The number of ether oxygens (including phenoxy) is 1. The van der Waals surface area contributed by atoms with Crippen LogP contribution >= 0.6 is 0 Å². The highest BCUT2D eigenvalue weighted by Gasteiger charge is 2.24. The number of primary amides is 1. The summed E-state index contributed by atoms with van der Waals surface area (Å²) in [5.74, 6) is -1.07. The molecule has 136 valence electrons. The smallest absolute Gasteiger partial charge is 0.308 e. The van der Waals surface area contributed by atoms with Crippen LogP contribution in [0.25, 0.3) is 11.1 Å². The number of esters is 1. The van der Waals surface area contributed by atoms with Gasteiger partial charge in [0.25, 0.3) is 0 Å². The highest BCUT2D eigenvalue weighted by Crippen LogP contribution is 2.24. The van der Waals surface area contributed by atoms with Gasteiger partial charge in [0, 0.05) is 18.3 Å². The lowest BCUT2D eigenvalue weighted by Gasteiger charge is -2.27. The number of hydrogen-bond donors (Lipinski definition) is 3. The van der Waals surface area contributed by atoms with Gasteiger partial charge in [-0.05, 0) is 23.3 Å². The number of carbonyl (C=O) groups is 2. The van der Waals surface area contributed by atoms with E-state index in [0.717, 1.165) is 16.8 Å². The number of anilines is 1. The Morgan fingerprint density at radius 3 is 1.96 bits per heavy atom. The van der Waals surface area contributed by atoms with Crippen molar-refractivity contribution in [2.24, 2.45) is 11.5 Å². The van der Waals surface area contributed by atoms with Crippen LogP contribution in [-0.4, -0.2) is 37.9 Å². The van der Waals surface area contributed by atoms with Gasteiger partial charge in [-0.3, -0.25) is 15.0 Å². The standard InChI is InChI=1S/C19H22N4O3/c1-23(16(19(22)25)11-17(24)26-2)15-9-7-13(8-10-15)12-3-5-14(6-4-12)18(20)21/h3-10,16H,11H2,1-2H3,(H3,20,21)(H2,22,25). The lowest BCUT2D eigenvalue weighted by Crippen LogP contribution is -2.44. The molecule has 2 aromatic carbocycles. The average molecular weight is 354 g/mol. The van der Waals surface area contributed by atoms with Gasteiger partial charge in [-0.1, -0.05) is 36.4 Å². The minimum Gasteiger partial charge on any atom is -0.469 e. The highest BCUT2D eigenvalue weighted by molar-refractivity contribution is 5.95. The molecule has 1 atom stereocenters. The van der Waals surface area contributed by atoms with Crippen molar-refractivity contribution in [3.05, 3.63) is 54.1 Å². The van der Waals surface area contributed by atoms with Crippen LogP contribution in [0.3, 0.4) is 0 Å².